The third-order valence-corrected chi connectivity index (χ3v) is 3.55. The number of rotatable bonds is 6. The van der Waals surface area contributed by atoms with Gasteiger partial charge < -0.3 is 9.84 Å². The number of carbonyl (C=O) groups is 1. The molecular weight excluding hydrogens is 394 g/mol. The third-order valence-electron chi connectivity index (χ3n) is 3.05. The largest absolute Gasteiger partial charge is 0.507 e. The van der Waals surface area contributed by atoms with Crippen LogP contribution in [0.5, 0.6) is 11.5 Å². The van der Waals surface area contributed by atoms with Gasteiger partial charge in [0.05, 0.1) is 11.1 Å². The summed E-state index contributed by atoms with van der Waals surface area (Å²) in [7, 11) is 0. The third kappa shape index (κ3) is 5.28. The van der Waals surface area contributed by atoms with Crippen LogP contribution >= 0.6 is 15.9 Å². The van der Waals surface area contributed by atoms with E-state index in [1.165, 1.54) is 24.4 Å². The zero-order chi connectivity index (χ0) is 18.4. The Morgan fingerprint density at radius 1 is 1.40 bits per heavy atom. The van der Waals surface area contributed by atoms with Crippen molar-refractivity contribution in [2.24, 2.45) is 5.10 Å². The van der Waals surface area contributed by atoms with Crippen LogP contribution in [0, 0.1) is 17.0 Å². The molecule has 8 nitrogen and oxygen atoms in total. The molecule has 2 aromatic rings. The van der Waals surface area contributed by atoms with Crippen molar-refractivity contribution in [3.05, 3.63) is 62.1 Å². The maximum atomic E-state index is 11.7. The van der Waals surface area contributed by atoms with E-state index >= 15 is 0 Å². The standard InChI is InChI=1S/C16H14BrN3O5/c1-10-2-5-15(13(6-10)20(23)24)25-9-16(22)19-18-8-11-7-12(17)3-4-14(11)21/h2-8,21H,9H2,1H3,(H,19,22)/b18-8+. The van der Waals surface area contributed by atoms with E-state index < -0.39 is 17.4 Å². The molecule has 0 saturated heterocycles. The molecular formula is C16H14BrN3O5. The number of hydrogen-bond acceptors (Lipinski definition) is 6. The van der Waals surface area contributed by atoms with Gasteiger partial charge in [-0.25, -0.2) is 5.43 Å². The number of aryl methyl sites for hydroxylation is 1. The van der Waals surface area contributed by atoms with Crippen molar-refractivity contribution in [1.82, 2.24) is 5.43 Å². The molecule has 0 atom stereocenters. The summed E-state index contributed by atoms with van der Waals surface area (Å²) >= 11 is 3.26. The first-order valence-electron chi connectivity index (χ1n) is 7.05. The van der Waals surface area contributed by atoms with E-state index in [1.807, 2.05) is 0 Å². The first-order valence-corrected chi connectivity index (χ1v) is 7.84. The predicted octanol–water partition coefficient (Wildman–Crippen LogP) is 2.90. The van der Waals surface area contributed by atoms with Crippen molar-refractivity contribution >= 4 is 33.7 Å². The van der Waals surface area contributed by atoms with Gasteiger partial charge in [-0.1, -0.05) is 22.0 Å². The molecule has 0 heterocycles. The van der Waals surface area contributed by atoms with Crippen LogP contribution in [0.4, 0.5) is 5.69 Å². The number of aromatic hydroxyl groups is 1. The maximum Gasteiger partial charge on any atom is 0.311 e. The SMILES string of the molecule is Cc1ccc(OCC(=O)N/N=C/c2cc(Br)ccc2O)c([N+](=O)[O-])c1. The van der Waals surface area contributed by atoms with E-state index in [1.54, 1.807) is 25.1 Å². The van der Waals surface area contributed by atoms with E-state index in [9.17, 15) is 20.0 Å². The Balaban J connectivity index is 1.94. The highest BCUT2D eigenvalue weighted by atomic mass is 79.9. The number of carbonyl (C=O) groups excluding carboxylic acids is 1. The Morgan fingerprint density at radius 3 is 2.88 bits per heavy atom. The molecule has 2 N–H and O–H groups in total. The normalized spacial score (nSPS) is 10.6. The molecule has 0 aliphatic rings. The Hall–Kier alpha value is -2.94. The molecule has 0 bridgehead atoms. The van der Waals surface area contributed by atoms with E-state index in [-0.39, 0.29) is 17.2 Å². The van der Waals surface area contributed by atoms with E-state index in [0.29, 0.717) is 11.1 Å². The number of nitro groups is 1. The lowest BCUT2D eigenvalue weighted by Gasteiger charge is -2.06. The van der Waals surface area contributed by atoms with Crippen molar-refractivity contribution < 1.29 is 19.6 Å². The Kier molecular flexibility index (Phi) is 6.07. The topological polar surface area (TPSA) is 114 Å². The van der Waals surface area contributed by atoms with Crippen LogP contribution in [0.3, 0.4) is 0 Å². The second kappa shape index (κ2) is 8.25. The number of amides is 1. The van der Waals surface area contributed by atoms with Crippen LogP contribution in [0.15, 0.2) is 46.0 Å². The van der Waals surface area contributed by atoms with Crippen molar-refractivity contribution in [1.29, 1.82) is 0 Å². The molecule has 130 valence electrons. The number of nitrogens with zero attached hydrogens (tertiary/aromatic N) is 2. The first kappa shape index (κ1) is 18.4. The van der Waals surface area contributed by atoms with Gasteiger partial charge in [-0.05, 0) is 36.8 Å². The van der Waals surface area contributed by atoms with Crippen LogP contribution in [-0.2, 0) is 4.79 Å². The fourth-order valence-electron chi connectivity index (χ4n) is 1.87. The first-order chi connectivity index (χ1) is 11.9. The fraction of sp³-hybridized carbons (Fsp3) is 0.125. The van der Waals surface area contributed by atoms with Crippen molar-refractivity contribution in [3.63, 3.8) is 0 Å². The minimum Gasteiger partial charge on any atom is -0.507 e. The van der Waals surface area contributed by atoms with E-state index in [0.717, 1.165) is 4.47 Å². The number of hydrazone groups is 1. The minimum absolute atomic E-state index is 0.000589. The molecule has 0 aromatic heterocycles. The quantitative estimate of drug-likeness (QED) is 0.434. The molecule has 0 aliphatic carbocycles. The summed E-state index contributed by atoms with van der Waals surface area (Å²) in [4.78, 5) is 22.1. The summed E-state index contributed by atoms with van der Waals surface area (Å²) in [5.41, 5.74) is 3.12. The molecule has 0 unspecified atom stereocenters. The lowest BCUT2D eigenvalue weighted by Crippen LogP contribution is -2.24. The van der Waals surface area contributed by atoms with Gasteiger partial charge >= 0.3 is 5.69 Å². The number of halogens is 1. The Morgan fingerprint density at radius 2 is 2.16 bits per heavy atom. The summed E-state index contributed by atoms with van der Waals surface area (Å²) < 4.78 is 5.92. The number of ether oxygens (including phenoxy) is 1. The van der Waals surface area contributed by atoms with Gasteiger partial charge in [0.15, 0.2) is 12.4 Å². The van der Waals surface area contributed by atoms with Crippen molar-refractivity contribution in [2.45, 2.75) is 6.92 Å². The van der Waals surface area contributed by atoms with Crippen LogP contribution < -0.4 is 10.2 Å². The summed E-state index contributed by atoms with van der Waals surface area (Å²) in [5, 5.41) is 24.3. The van der Waals surface area contributed by atoms with Crippen LogP contribution in [0.25, 0.3) is 0 Å². The van der Waals surface area contributed by atoms with Gasteiger partial charge in [0.25, 0.3) is 5.91 Å². The zero-order valence-electron chi connectivity index (χ0n) is 13.1. The average Bonchev–Trinajstić information content (AvgIpc) is 2.56. The summed E-state index contributed by atoms with van der Waals surface area (Å²) in [5.74, 6) is -0.590. The molecule has 0 fully saturated rings. The number of nitro benzene ring substituents is 1. The molecule has 1 amide bonds. The molecule has 25 heavy (non-hydrogen) atoms. The Bertz CT molecular complexity index is 839. The molecule has 9 heteroatoms. The van der Waals surface area contributed by atoms with Crippen molar-refractivity contribution in [3.8, 4) is 11.5 Å². The van der Waals surface area contributed by atoms with Crippen LogP contribution in [0.2, 0.25) is 0 Å². The van der Waals surface area contributed by atoms with Gasteiger partial charge in [-0.2, -0.15) is 5.10 Å². The van der Waals surface area contributed by atoms with E-state index in [4.69, 9.17) is 4.74 Å². The summed E-state index contributed by atoms with van der Waals surface area (Å²) in [6, 6.07) is 9.21. The maximum absolute atomic E-state index is 11.7. The minimum atomic E-state index is -0.597. The number of phenolic OH excluding ortho intramolecular Hbond substituents is 1. The van der Waals surface area contributed by atoms with E-state index in [2.05, 4.69) is 26.5 Å². The second-order valence-corrected chi connectivity index (χ2v) is 5.93. The number of nitrogens with one attached hydrogen (secondary N) is 1. The Labute approximate surface area is 151 Å². The number of phenols is 1. The smallest absolute Gasteiger partial charge is 0.311 e. The van der Waals surface area contributed by atoms with Crippen molar-refractivity contribution in [2.75, 3.05) is 6.61 Å². The molecule has 2 aromatic carbocycles. The predicted molar refractivity (Wildman–Crippen MR) is 94.9 cm³/mol. The van der Waals surface area contributed by atoms with Gasteiger partial charge in [-0.15, -0.1) is 0 Å². The van der Waals surface area contributed by atoms with Gasteiger partial charge in [0.2, 0.25) is 0 Å². The highest BCUT2D eigenvalue weighted by molar-refractivity contribution is 9.10. The zero-order valence-corrected chi connectivity index (χ0v) is 14.7. The molecule has 0 aliphatic heterocycles. The highest BCUT2D eigenvalue weighted by Crippen LogP contribution is 2.27. The molecule has 0 radical (unpaired) electrons. The highest BCUT2D eigenvalue weighted by Gasteiger charge is 2.16. The molecule has 0 spiro atoms. The lowest BCUT2D eigenvalue weighted by atomic mass is 10.2. The number of benzene rings is 2. The van der Waals surface area contributed by atoms with Gasteiger partial charge in [0.1, 0.15) is 5.75 Å². The fourth-order valence-corrected chi connectivity index (χ4v) is 2.25. The number of hydrogen-bond donors (Lipinski definition) is 2. The average molecular weight is 408 g/mol. The summed E-state index contributed by atoms with van der Waals surface area (Å²) in [6.45, 7) is 1.28. The summed E-state index contributed by atoms with van der Waals surface area (Å²) in [6.07, 6.45) is 1.27. The second-order valence-electron chi connectivity index (χ2n) is 5.01. The van der Waals surface area contributed by atoms with Crippen LogP contribution in [-0.4, -0.2) is 28.8 Å². The molecule has 0 saturated carbocycles. The molecule has 2 rings (SSSR count). The van der Waals surface area contributed by atoms with Gasteiger partial charge in [0, 0.05) is 16.1 Å². The van der Waals surface area contributed by atoms with Crippen LogP contribution in [0.1, 0.15) is 11.1 Å². The lowest BCUT2D eigenvalue weighted by molar-refractivity contribution is -0.385. The monoisotopic (exact) mass is 407 g/mol. The van der Waals surface area contributed by atoms with Gasteiger partial charge in [-0.3, -0.25) is 14.9 Å².